The van der Waals surface area contributed by atoms with E-state index in [1.165, 1.54) is 0 Å². The van der Waals surface area contributed by atoms with E-state index in [-0.39, 0.29) is 25.4 Å². The summed E-state index contributed by atoms with van der Waals surface area (Å²) < 4.78 is 5.51. The second-order valence-corrected chi connectivity index (χ2v) is 8.72. The molecule has 7 heteroatoms. The summed E-state index contributed by atoms with van der Waals surface area (Å²) in [5.74, 6) is -1.62. The molecule has 3 aromatic rings. The Morgan fingerprint density at radius 2 is 1.43 bits per heavy atom. The SMILES string of the molecule is CC(CC(=O)N[C@H](Cc1ccccc1)C(=O)O)NC(=O)OCC1c2ccccc2-c2ccccc21. The normalized spacial score (nSPS) is 13.7. The highest BCUT2D eigenvalue weighted by Gasteiger charge is 2.29. The van der Waals surface area contributed by atoms with Crippen molar-refractivity contribution in [3.05, 3.63) is 95.6 Å². The molecule has 7 nitrogen and oxygen atoms in total. The molecule has 180 valence electrons. The second kappa shape index (κ2) is 10.9. The minimum atomic E-state index is -1.11. The van der Waals surface area contributed by atoms with Crippen molar-refractivity contribution < 1.29 is 24.2 Å². The number of carbonyl (C=O) groups excluding carboxylic acids is 2. The Bertz CT molecular complexity index is 1170. The summed E-state index contributed by atoms with van der Waals surface area (Å²) in [6.07, 6.45) is -0.509. The molecule has 3 N–H and O–H groups in total. The number of carboxylic acids is 1. The minimum absolute atomic E-state index is 0.0546. The number of rotatable bonds is 9. The van der Waals surface area contributed by atoms with Gasteiger partial charge in [-0.3, -0.25) is 4.79 Å². The van der Waals surface area contributed by atoms with Gasteiger partial charge in [0.1, 0.15) is 12.6 Å². The van der Waals surface area contributed by atoms with Gasteiger partial charge < -0.3 is 20.5 Å². The average molecular weight is 473 g/mol. The summed E-state index contributed by atoms with van der Waals surface area (Å²) in [5, 5.41) is 14.7. The van der Waals surface area contributed by atoms with E-state index < -0.39 is 30.1 Å². The molecule has 0 saturated carbocycles. The zero-order valence-corrected chi connectivity index (χ0v) is 19.4. The number of alkyl carbamates (subject to hydrolysis) is 1. The van der Waals surface area contributed by atoms with Gasteiger partial charge in [0, 0.05) is 24.8 Å². The van der Waals surface area contributed by atoms with Crippen molar-refractivity contribution in [2.75, 3.05) is 6.61 Å². The molecule has 4 rings (SSSR count). The van der Waals surface area contributed by atoms with Crippen molar-refractivity contribution in [2.24, 2.45) is 0 Å². The molecule has 0 bridgehead atoms. The van der Waals surface area contributed by atoms with Crippen LogP contribution in [0.15, 0.2) is 78.9 Å². The first kappa shape index (κ1) is 24.0. The Hall–Kier alpha value is -4.13. The fourth-order valence-corrected chi connectivity index (χ4v) is 4.47. The van der Waals surface area contributed by atoms with Gasteiger partial charge in [-0.25, -0.2) is 9.59 Å². The Morgan fingerprint density at radius 1 is 0.857 bits per heavy atom. The van der Waals surface area contributed by atoms with E-state index in [2.05, 4.69) is 22.8 Å². The average Bonchev–Trinajstić information content (AvgIpc) is 3.16. The molecule has 1 aliphatic carbocycles. The molecule has 0 aromatic heterocycles. The monoisotopic (exact) mass is 472 g/mol. The van der Waals surface area contributed by atoms with Crippen molar-refractivity contribution in [1.82, 2.24) is 10.6 Å². The van der Waals surface area contributed by atoms with E-state index in [0.29, 0.717) is 0 Å². The number of fused-ring (bicyclic) bond motifs is 3. The third-order valence-corrected chi connectivity index (χ3v) is 6.12. The molecule has 1 unspecified atom stereocenters. The molecule has 0 heterocycles. The zero-order chi connectivity index (χ0) is 24.8. The van der Waals surface area contributed by atoms with Crippen molar-refractivity contribution in [2.45, 2.75) is 37.8 Å². The van der Waals surface area contributed by atoms with Gasteiger partial charge in [0.2, 0.25) is 5.91 Å². The second-order valence-electron chi connectivity index (χ2n) is 8.72. The quantitative estimate of drug-likeness (QED) is 0.435. The number of hydrogen-bond acceptors (Lipinski definition) is 4. The highest BCUT2D eigenvalue weighted by Crippen LogP contribution is 2.44. The lowest BCUT2D eigenvalue weighted by Crippen LogP contribution is -2.45. The molecule has 0 aliphatic heterocycles. The molecule has 35 heavy (non-hydrogen) atoms. The number of aliphatic carboxylic acids is 1. The number of carbonyl (C=O) groups is 3. The maximum Gasteiger partial charge on any atom is 0.407 e. The maximum atomic E-state index is 12.4. The molecule has 0 saturated heterocycles. The molecule has 0 radical (unpaired) electrons. The summed E-state index contributed by atoms with van der Waals surface area (Å²) in [4.78, 5) is 36.4. The van der Waals surface area contributed by atoms with Crippen molar-refractivity contribution in [1.29, 1.82) is 0 Å². The van der Waals surface area contributed by atoms with Gasteiger partial charge in [0.15, 0.2) is 0 Å². The molecule has 3 aromatic carbocycles. The van der Waals surface area contributed by atoms with Crippen LogP contribution in [-0.2, 0) is 20.7 Å². The first-order valence-electron chi connectivity index (χ1n) is 11.6. The van der Waals surface area contributed by atoms with Crippen LogP contribution in [-0.4, -0.2) is 41.8 Å². The van der Waals surface area contributed by atoms with Crippen LogP contribution in [0.3, 0.4) is 0 Å². The van der Waals surface area contributed by atoms with Gasteiger partial charge in [-0.05, 0) is 34.7 Å². The lowest BCUT2D eigenvalue weighted by atomic mass is 9.98. The first-order valence-corrected chi connectivity index (χ1v) is 11.6. The largest absolute Gasteiger partial charge is 0.480 e. The molecule has 0 fully saturated rings. The van der Waals surface area contributed by atoms with Gasteiger partial charge in [-0.1, -0.05) is 78.9 Å². The summed E-state index contributed by atoms with van der Waals surface area (Å²) >= 11 is 0. The van der Waals surface area contributed by atoms with E-state index >= 15 is 0 Å². The van der Waals surface area contributed by atoms with Gasteiger partial charge >= 0.3 is 12.1 Å². The predicted molar refractivity (Wildman–Crippen MR) is 132 cm³/mol. The Kier molecular flexibility index (Phi) is 7.45. The van der Waals surface area contributed by atoms with E-state index in [4.69, 9.17) is 4.74 Å². The van der Waals surface area contributed by atoms with Crippen LogP contribution < -0.4 is 10.6 Å². The number of ether oxygens (including phenoxy) is 1. The smallest absolute Gasteiger partial charge is 0.407 e. The molecule has 1 aliphatic rings. The first-order chi connectivity index (χ1) is 16.9. The number of benzene rings is 3. The van der Waals surface area contributed by atoms with Crippen LogP contribution in [0.2, 0.25) is 0 Å². The van der Waals surface area contributed by atoms with Crippen molar-refractivity contribution in [3.63, 3.8) is 0 Å². The third kappa shape index (κ3) is 5.87. The number of amides is 2. The molecule has 2 atom stereocenters. The fraction of sp³-hybridized carbons (Fsp3) is 0.250. The van der Waals surface area contributed by atoms with Gasteiger partial charge in [0.25, 0.3) is 0 Å². The Morgan fingerprint density at radius 3 is 2.03 bits per heavy atom. The lowest BCUT2D eigenvalue weighted by Gasteiger charge is -2.19. The highest BCUT2D eigenvalue weighted by atomic mass is 16.5. The standard InChI is InChI=1S/C28H28N2O5/c1-18(15-26(31)30-25(27(32)33)16-19-9-3-2-4-10-19)29-28(34)35-17-24-22-13-7-5-11-20(22)21-12-6-8-14-23(21)24/h2-14,18,24-25H,15-17H2,1H3,(H,29,34)(H,30,31)(H,32,33)/t18?,25-/m1/s1. The van der Waals surface area contributed by atoms with E-state index in [1.807, 2.05) is 66.7 Å². The predicted octanol–water partition coefficient (Wildman–Crippen LogP) is 4.12. The summed E-state index contributed by atoms with van der Waals surface area (Å²) in [5.41, 5.74) is 5.33. The summed E-state index contributed by atoms with van der Waals surface area (Å²) in [7, 11) is 0. The molecular formula is C28H28N2O5. The van der Waals surface area contributed by atoms with E-state index in [1.54, 1.807) is 6.92 Å². The minimum Gasteiger partial charge on any atom is -0.480 e. The Balaban J connectivity index is 1.28. The number of carboxylic acid groups (broad SMARTS) is 1. The van der Waals surface area contributed by atoms with Gasteiger partial charge in [0.05, 0.1) is 0 Å². The van der Waals surface area contributed by atoms with Gasteiger partial charge in [-0.2, -0.15) is 0 Å². The fourth-order valence-electron chi connectivity index (χ4n) is 4.47. The van der Waals surface area contributed by atoms with Crippen LogP contribution in [0, 0.1) is 0 Å². The van der Waals surface area contributed by atoms with Crippen molar-refractivity contribution >= 4 is 18.0 Å². The lowest BCUT2D eigenvalue weighted by molar-refractivity contribution is -0.141. The number of nitrogens with one attached hydrogen (secondary N) is 2. The van der Waals surface area contributed by atoms with Crippen LogP contribution in [0.1, 0.15) is 36.0 Å². The van der Waals surface area contributed by atoms with Crippen LogP contribution >= 0.6 is 0 Å². The maximum absolute atomic E-state index is 12.4. The summed E-state index contributed by atoms with van der Waals surface area (Å²) in [6.45, 7) is 1.85. The van der Waals surface area contributed by atoms with Crippen LogP contribution in [0.5, 0.6) is 0 Å². The van der Waals surface area contributed by atoms with Crippen LogP contribution in [0.4, 0.5) is 4.79 Å². The topological polar surface area (TPSA) is 105 Å². The van der Waals surface area contributed by atoms with E-state index in [0.717, 1.165) is 27.8 Å². The molecule has 0 spiro atoms. The molecular weight excluding hydrogens is 444 g/mol. The van der Waals surface area contributed by atoms with E-state index in [9.17, 15) is 19.5 Å². The zero-order valence-electron chi connectivity index (χ0n) is 19.4. The van der Waals surface area contributed by atoms with Crippen LogP contribution in [0.25, 0.3) is 11.1 Å². The third-order valence-electron chi connectivity index (χ3n) is 6.12. The Labute approximate surface area is 204 Å². The summed E-state index contributed by atoms with van der Waals surface area (Å²) in [6, 6.07) is 23.7. The van der Waals surface area contributed by atoms with Gasteiger partial charge in [-0.15, -0.1) is 0 Å². The molecule has 2 amide bonds. The highest BCUT2D eigenvalue weighted by molar-refractivity contribution is 5.84. The van der Waals surface area contributed by atoms with Crippen molar-refractivity contribution in [3.8, 4) is 11.1 Å². The number of hydrogen-bond donors (Lipinski definition) is 3.